The number of likely N-dealkylation sites (tertiary alicyclic amines) is 1. The predicted molar refractivity (Wildman–Crippen MR) is 85.3 cm³/mol. The second-order valence-corrected chi connectivity index (χ2v) is 5.83. The number of amides is 1. The summed E-state index contributed by atoms with van der Waals surface area (Å²) in [5.41, 5.74) is 1.40. The van der Waals surface area contributed by atoms with Gasteiger partial charge in [-0.15, -0.1) is 0 Å². The van der Waals surface area contributed by atoms with Crippen molar-refractivity contribution < 1.29 is 13.6 Å². The number of rotatable bonds is 5. The van der Waals surface area contributed by atoms with Crippen molar-refractivity contribution in [2.24, 2.45) is 0 Å². The highest BCUT2D eigenvalue weighted by atomic mass is 19.2. The Morgan fingerprint density at radius 2 is 2.17 bits per heavy atom. The molecule has 23 heavy (non-hydrogen) atoms. The smallest absolute Gasteiger partial charge is 0.222 e. The highest BCUT2D eigenvalue weighted by Crippen LogP contribution is 2.26. The summed E-state index contributed by atoms with van der Waals surface area (Å²) in [7, 11) is 0. The van der Waals surface area contributed by atoms with Gasteiger partial charge in [0.25, 0.3) is 0 Å². The van der Waals surface area contributed by atoms with Gasteiger partial charge < -0.3 is 10.2 Å². The molecule has 1 saturated heterocycles. The van der Waals surface area contributed by atoms with Gasteiger partial charge in [0.05, 0.1) is 0 Å². The molecular formula is C17H19F2N3O. The zero-order valence-electron chi connectivity index (χ0n) is 13.0. The molecule has 0 aliphatic carbocycles. The third-order valence-corrected chi connectivity index (χ3v) is 4.09. The molecule has 0 saturated carbocycles. The van der Waals surface area contributed by atoms with E-state index in [1.165, 1.54) is 6.07 Å². The lowest BCUT2D eigenvalue weighted by Gasteiger charge is -2.16. The first-order valence-electron chi connectivity index (χ1n) is 7.83. The molecule has 122 valence electrons. The molecule has 4 nitrogen and oxygen atoms in total. The molecular weight excluding hydrogens is 300 g/mol. The number of carbonyl (C=O) groups excluding carboxylic acids is 1. The van der Waals surface area contributed by atoms with Crippen molar-refractivity contribution in [3.8, 4) is 0 Å². The monoisotopic (exact) mass is 319 g/mol. The highest BCUT2D eigenvalue weighted by Gasteiger charge is 2.19. The number of hydrogen-bond acceptors (Lipinski definition) is 3. The van der Waals surface area contributed by atoms with E-state index in [0.29, 0.717) is 24.0 Å². The third kappa shape index (κ3) is 3.25. The van der Waals surface area contributed by atoms with E-state index in [1.54, 1.807) is 6.92 Å². The Labute approximate surface area is 133 Å². The first kappa shape index (κ1) is 15.6. The van der Waals surface area contributed by atoms with Crippen molar-refractivity contribution >= 4 is 22.5 Å². The molecule has 0 spiro atoms. The summed E-state index contributed by atoms with van der Waals surface area (Å²) in [5.74, 6) is -1.60. The Kier molecular flexibility index (Phi) is 4.41. The zero-order valence-corrected chi connectivity index (χ0v) is 13.0. The van der Waals surface area contributed by atoms with Crippen LogP contribution in [0.5, 0.6) is 0 Å². The topological polar surface area (TPSA) is 45.2 Å². The normalized spacial score (nSPS) is 14.7. The first-order valence-corrected chi connectivity index (χ1v) is 7.83. The Hall–Kier alpha value is -2.24. The number of nitrogens with one attached hydrogen (secondary N) is 1. The molecule has 0 atom stereocenters. The molecule has 1 amide bonds. The van der Waals surface area contributed by atoms with Gasteiger partial charge in [0.2, 0.25) is 5.91 Å². The molecule has 0 unspecified atom stereocenters. The van der Waals surface area contributed by atoms with Gasteiger partial charge in [-0.05, 0) is 38.0 Å². The average molecular weight is 319 g/mol. The van der Waals surface area contributed by atoms with E-state index in [-0.39, 0.29) is 11.4 Å². The Balaban J connectivity index is 1.70. The molecule has 1 aromatic carbocycles. The molecule has 2 heterocycles. The Bertz CT molecular complexity index is 748. The van der Waals surface area contributed by atoms with Crippen molar-refractivity contribution in [3.63, 3.8) is 0 Å². The van der Waals surface area contributed by atoms with E-state index < -0.39 is 11.6 Å². The molecule has 1 fully saturated rings. The van der Waals surface area contributed by atoms with E-state index in [2.05, 4.69) is 10.3 Å². The fraction of sp³-hybridized carbons (Fsp3) is 0.412. The van der Waals surface area contributed by atoms with Gasteiger partial charge >= 0.3 is 0 Å². The maximum atomic E-state index is 13.9. The number of benzene rings is 1. The van der Waals surface area contributed by atoms with Crippen LogP contribution in [0.2, 0.25) is 0 Å². The molecule has 1 aliphatic heterocycles. The van der Waals surface area contributed by atoms with Gasteiger partial charge in [0.15, 0.2) is 11.6 Å². The van der Waals surface area contributed by atoms with E-state index in [4.69, 9.17) is 0 Å². The minimum Gasteiger partial charge on any atom is -0.384 e. The molecule has 2 aromatic rings. The van der Waals surface area contributed by atoms with Crippen LogP contribution in [0.3, 0.4) is 0 Å². The van der Waals surface area contributed by atoms with E-state index in [0.717, 1.165) is 37.7 Å². The van der Waals surface area contributed by atoms with Gasteiger partial charge in [0.1, 0.15) is 5.52 Å². The first-order chi connectivity index (χ1) is 11.1. The number of halogens is 2. The standard InChI is InChI=1S/C17H19F2N3O/c1-11-10-14(12-5-6-13(18)16(19)17(12)21-11)20-7-3-9-22-8-2-4-15(22)23/h5-6,10H,2-4,7-9H2,1H3,(H,20,21). The maximum Gasteiger partial charge on any atom is 0.222 e. The Morgan fingerprint density at radius 1 is 1.35 bits per heavy atom. The van der Waals surface area contributed by atoms with Crippen molar-refractivity contribution in [1.82, 2.24) is 9.88 Å². The summed E-state index contributed by atoms with van der Waals surface area (Å²) < 4.78 is 27.2. The number of fused-ring (bicyclic) bond motifs is 1. The lowest BCUT2D eigenvalue weighted by molar-refractivity contribution is -0.127. The number of carbonyl (C=O) groups is 1. The fourth-order valence-corrected chi connectivity index (χ4v) is 2.94. The Morgan fingerprint density at radius 3 is 2.91 bits per heavy atom. The summed E-state index contributed by atoms with van der Waals surface area (Å²) in [5, 5.41) is 3.81. The van der Waals surface area contributed by atoms with Crippen LogP contribution in [0, 0.1) is 18.6 Å². The van der Waals surface area contributed by atoms with Crippen molar-refractivity contribution in [2.75, 3.05) is 25.0 Å². The van der Waals surface area contributed by atoms with Crippen LogP contribution in [0.1, 0.15) is 25.0 Å². The lowest BCUT2D eigenvalue weighted by Crippen LogP contribution is -2.27. The minimum atomic E-state index is -0.920. The minimum absolute atomic E-state index is 0.0437. The SMILES string of the molecule is Cc1cc(NCCCN2CCCC2=O)c2ccc(F)c(F)c2n1. The van der Waals surface area contributed by atoms with Crippen LogP contribution in [0.25, 0.3) is 10.9 Å². The molecule has 1 aromatic heterocycles. The lowest BCUT2D eigenvalue weighted by atomic mass is 10.1. The third-order valence-electron chi connectivity index (χ3n) is 4.09. The predicted octanol–water partition coefficient (Wildman–Crippen LogP) is 3.25. The van der Waals surface area contributed by atoms with Crippen LogP contribution in [0.4, 0.5) is 14.5 Å². The van der Waals surface area contributed by atoms with Gasteiger partial charge in [0, 0.05) is 42.8 Å². The average Bonchev–Trinajstić information content (AvgIpc) is 2.93. The summed E-state index contributed by atoms with van der Waals surface area (Å²) in [6.45, 7) is 3.95. The highest BCUT2D eigenvalue weighted by molar-refractivity contribution is 5.91. The largest absolute Gasteiger partial charge is 0.384 e. The number of pyridine rings is 1. The maximum absolute atomic E-state index is 13.9. The number of nitrogens with zero attached hydrogens (tertiary/aromatic N) is 2. The van der Waals surface area contributed by atoms with Crippen LogP contribution in [-0.2, 0) is 4.79 Å². The fourth-order valence-electron chi connectivity index (χ4n) is 2.94. The summed E-state index contributed by atoms with van der Waals surface area (Å²) in [4.78, 5) is 17.5. The second kappa shape index (κ2) is 6.48. The van der Waals surface area contributed by atoms with E-state index in [9.17, 15) is 13.6 Å². The van der Waals surface area contributed by atoms with Crippen LogP contribution in [-0.4, -0.2) is 35.4 Å². The van der Waals surface area contributed by atoms with Crippen LogP contribution < -0.4 is 5.32 Å². The zero-order chi connectivity index (χ0) is 16.4. The van der Waals surface area contributed by atoms with Crippen molar-refractivity contribution in [3.05, 3.63) is 35.5 Å². The quantitative estimate of drug-likeness (QED) is 0.861. The number of aromatic nitrogens is 1. The van der Waals surface area contributed by atoms with Gasteiger partial charge in [-0.3, -0.25) is 4.79 Å². The molecule has 3 rings (SSSR count). The summed E-state index contributed by atoms with van der Waals surface area (Å²) >= 11 is 0. The van der Waals surface area contributed by atoms with Gasteiger partial charge in [-0.25, -0.2) is 13.8 Å². The number of anilines is 1. The molecule has 0 radical (unpaired) electrons. The van der Waals surface area contributed by atoms with E-state index >= 15 is 0 Å². The van der Waals surface area contributed by atoms with Gasteiger partial charge in [-0.2, -0.15) is 0 Å². The van der Waals surface area contributed by atoms with Gasteiger partial charge in [-0.1, -0.05) is 0 Å². The molecule has 6 heteroatoms. The van der Waals surface area contributed by atoms with E-state index in [1.807, 2.05) is 11.0 Å². The van der Waals surface area contributed by atoms with Crippen molar-refractivity contribution in [1.29, 1.82) is 0 Å². The second-order valence-electron chi connectivity index (χ2n) is 5.83. The van der Waals surface area contributed by atoms with Crippen LogP contribution >= 0.6 is 0 Å². The van der Waals surface area contributed by atoms with Crippen LogP contribution in [0.15, 0.2) is 18.2 Å². The molecule has 1 aliphatic rings. The molecule has 0 bridgehead atoms. The number of hydrogen-bond donors (Lipinski definition) is 1. The summed E-state index contributed by atoms with van der Waals surface area (Å²) in [6, 6.07) is 4.47. The summed E-state index contributed by atoms with van der Waals surface area (Å²) in [6.07, 6.45) is 2.38. The molecule has 1 N–H and O–H groups in total. The number of aryl methyl sites for hydroxylation is 1. The van der Waals surface area contributed by atoms with Crippen molar-refractivity contribution in [2.45, 2.75) is 26.2 Å².